The maximum atomic E-state index is 13.6. The third-order valence-electron chi connectivity index (χ3n) is 4.06. The van der Waals surface area contributed by atoms with Crippen molar-refractivity contribution in [3.63, 3.8) is 0 Å². The highest BCUT2D eigenvalue weighted by molar-refractivity contribution is 7.99. The Morgan fingerprint density at radius 1 is 1.38 bits per heavy atom. The Morgan fingerprint density at radius 3 is 2.85 bits per heavy atom. The molecule has 1 amide bonds. The van der Waals surface area contributed by atoms with Gasteiger partial charge in [0.1, 0.15) is 16.5 Å². The molecule has 0 saturated carbocycles. The SMILES string of the molecule is Cc1sc2nc(CS[C@H](C)C(=O)Nc3ccccc3F)[nH]c(=O)c2c1C. The van der Waals surface area contributed by atoms with Crippen molar-refractivity contribution in [3.8, 4) is 0 Å². The summed E-state index contributed by atoms with van der Waals surface area (Å²) in [5, 5.41) is 2.78. The van der Waals surface area contributed by atoms with Crippen LogP contribution in [0.5, 0.6) is 0 Å². The van der Waals surface area contributed by atoms with Gasteiger partial charge in [-0.25, -0.2) is 9.37 Å². The summed E-state index contributed by atoms with van der Waals surface area (Å²) in [6.07, 6.45) is 0. The number of thiophene rings is 1. The number of halogens is 1. The topological polar surface area (TPSA) is 74.8 Å². The van der Waals surface area contributed by atoms with Gasteiger partial charge in [-0.3, -0.25) is 9.59 Å². The van der Waals surface area contributed by atoms with E-state index >= 15 is 0 Å². The fourth-order valence-electron chi connectivity index (χ4n) is 2.44. The number of aryl methyl sites for hydroxylation is 2. The van der Waals surface area contributed by atoms with Gasteiger partial charge in [0, 0.05) is 4.88 Å². The molecule has 0 unspecified atom stereocenters. The number of fused-ring (bicyclic) bond motifs is 1. The maximum absolute atomic E-state index is 13.6. The van der Waals surface area contributed by atoms with Crippen LogP contribution in [0.15, 0.2) is 29.1 Å². The zero-order valence-corrected chi connectivity index (χ0v) is 16.2. The van der Waals surface area contributed by atoms with Crippen LogP contribution in [0.1, 0.15) is 23.2 Å². The van der Waals surface area contributed by atoms with Crippen LogP contribution in [0, 0.1) is 19.7 Å². The summed E-state index contributed by atoms with van der Waals surface area (Å²) >= 11 is 2.82. The summed E-state index contributed by atoms with van der Waals surface area (Å²) in [7, 11) is 0. The first-order chi connectivity index (χ1) is 12.4. The number of thioether (sulfide) groups is 1. The number of rotatable bonds is 5. The summed E-state index contributed by atoms with van der Waals surface area (Å²) in [5.74, 6) is 0.135. The van der Waals surface area contributed by atoms with Crippen LogP contribution in [0.3, 0.4) is 0 Å². The van der Waals surface area contributed by atoms with Crippen LogP contribution in [-0.2, 0) is 10.5 Å². The van der Waals surface area contributed by atoms with E-state index < -0.39 is 11.1 Å². The number of hydrogen-bond acceptors (Lipinski definition) is 5. The van der Waals surface area contributed by atoms with Crippen LogP contribution < -0.4 is 10.9 Å². The first-order valence-electron chi connectivity index (χ1n) is 8.02. The van der Waals surface area contributed by atoms with Crippen molar-refractivity contribution in [2.75, 3.05) is 5.32 Å². The van der Waals surface area contributed by atoms with E-state index in [9.17, 15) is 14.0 Å². The van der Waals surface area contributed by atoms with E-state index in [1.54, 1.807) is 19.1 Å². The molecular weight excluding hydrogens is 373 g/mol. The van der Waals surface area contributed by atoms with Gasteiger partial charge in [0.2, 0.25) is 5.91 Å². The van der Waals surface area contributed by atoms with E-state index in [-0.39, 0.29) is 17.2 Å². The molecule has 26 heavy (non-hydrogen) atoms. The highest BCUT2D eigenvalue weighted by atomic mass is 32.2. The molecule has 5 nitrogen and oxygen atoms in total. The standard InChI is InChI=1S/C18H18FN3O2S2/c1-9-10(2)26-18-15(9)17(24)21-14(22-18)8-25-11(3)16(23)20-13-7-5-4-6-12(13)19/h4-7,11H,8H2,1-3H3,(H,20,23)(H,21,22,24)/t11-/m1/s1. The number of aromatic amines is 1. The van der Waals surface area contributed by atoms with Gasteiger partial charge in [0.25, 0.3) is 5.56 Å². The monoisotopic (exact) mass is 391 g/mol. The normalized spacial score (nSPS) is 12.3. The molecule has 0 bridgehead atoms. The lowest BCUT2D eigenvalue weighted by Crippen LogP contribution is -2.23. The van der Waals surface area contributed by atoms with Crippen LogP contribution >= 0.6 is 23.1 Å². The number of H-pyrrole nitrogens is 1. The summed E-state index contributed by atoms with van der Waals surface area (Å²) in [6.45, 7) is 5.61. The molecule has 3 rings (SSSR count). The molecule has 1 aromatic carbocycles. The third-order valence-corrected chi connectivity index (χ3v) is 6.31. The summed E-state index contributed by atoms with van der Waals surface area (Å²) in [5.41, 5.74) is 0.953. The number of amides is 1. The Balaban J connectivity index is 1.68. The van der Waals surface area contributed by atoms with Crippen LogP contribution in [0.4, 0.5) is 10.1 Å². The van der Waals surface area contributed by atoms with E-state index in [1.807, 2.05) is 13.8 Å². The second-order valence-electron chi connectivity index (χ2n) is 5.90. The second kappa shape index (κ2) is 7.59. The molecule has 0 aliphatic rings. The lowest BCUT2D eigenvalue weighted by molar-refractivity contribution is -0.115. The molecule has 0 radical (unpaired) electrons. The quantitative estimate of drug-likeness (QED) is 0.689. The van der Waals surface area contributed by atoms with Crippen molar-refractivity contribution >= 4 is 44.9 Å². The summed E-state index contributed by atoms with van der Waals surface area (Å²) in [4.78, 5) is 33.6. The number of carbonyl (C=O) groups excluding carboxylic acids is 1. The predicted molar refractivity (Wildman–Crippen MR) is 106 cm³/mol. The number of nitrogens with zero attached hydrogens (tertiary/aromatic N) is 1. The number of carbonyl (C=O) groups is 1. The lowest BCUT2D eigenvalue weighted by Gasteiger charge is -2.12. The Bertz CT molecular complexity index is 1030. The number of aromatic nitrogens is 2. The molecule has 136 valence electrons. The zero-order valence-electron chi connectivity index (χ0n) is 14.6. The van der Waals surface area contributed by atoms with Crippen molar-refractivity contribution < 1.29 is 9.18 Å². The minimum absolute atomic E-state index is 0.155. The Hall–Kier alpha value is -2.19. The number of anilines is 1. The highest BCUT2D eigenvalue weighted by Crippen LogP contribution is 2.26. The Morgan fingerprint density at radius 2 is 2.12 bits per heavy atom. The van der Waals surface area contributed by atoms with Crippen LogP contribution in [0.25, 0.3) is 10.2 Å². The highest BCUT2D eigenvalue weighted by Gasteiger charge is 2.17. The predicted octanol–water partition coefficient (Wildman–Crippen LogP) is 4.00. The first kappa shape index (κ1) is 18.6. The molecule has 0 spiro atoms. The number of benzene rings is 1. The molecule has 0 saturated heterocycles. The van der Waals surface area contributed by atoms with Gasteiger partial charge in [0.15, 0.2) is 0 Å². The van der Waals surface area contributed by atoms with E-state index in [0.717, 1.165) is 10.4 Å². The minimum Gasteiger partial charge on any atom is -0.323 e. The van der Waals surface area contributed by atoms with E-state index in [4.69, 9.17) is 0 Å². The molecule has 0 aliphatic heterocycles. The minimum atomic E-state index is -0.474. The first-order valence-corrected chi connectivity index (χ1v) is 9.89. The Labute approximate surface area is 158 Å². The van der Waals surface area contributed by atoms with Gasteiger partial charge < -0.3 is 10.3 Å². The fourth-order valence-corrected chi connectivity index (χ4v) is 4.25. The molecular formula is C18H18FN3O2S2. The van der Waals surface area contributed by atoms with Crippen molar-refractivity contribution in [2.24, 2.45) is 0 Å². The molecule has 3 aromatic rings. The maximum Gasteiger partial charge on any atom is 0.259 e. The Kier molecular flexibility index (Phi) is 5.43. The number of para-hydroxylation sites is 1. The molecule has 1 atom stereocenters. The molecule has 2 aromatic heterocycles. The number of nitrogens with one attached hydrogen (secondary N) is 2. The molecule has 0 aliphatic carbocycles. The zero-order chi connectivity index (χ0) is 18.8. The molecule has 0 fully saturated rings. The van der Waals surface area contributed by atoms with Crippen LogP contribution in [0.2, 0.25) is 0 Å². The van der Waals surface area contributed by atoms with E-state index in [0.29, 0.717) is 21.8 Å². The van der Waals surface area contributed by atoms with Crippen molar-refractivity contribution in [2.45, 2.75) is 31.8 Å². The largest absolute Gasteiger partial charge is 0.323 e. The van der Waals surface area contributed by atoms with E-state index in [2.05, 4.69) is 15.3 Å². The fraction of sp³-hybridized carbons (Fsp3) is 0.278. The van der Waals surface area contributed by atoms with Gasteiger partial charge >= 0.3 is 0 Å². The summed E-state index contributed by atoms with van der Waals surface area (Å²) < 4.78 is 13.6. The molecule has 2 N–H and O–H groups in total. The molecule has 8 heteroatoms. The second-order valence-corrected chi connectivity index (χ2v) is 8.43. The average Bonchev–Trinajstić information content (AvgIpc) is 2.89. The average molecular weight is 391 g/mol. The smallest absolute Gasteiger partial charge is 0.259 e. The van der Waals surface area contributed by atoms with Gasteiger partial charge in [-0.2, -0.15) is 0 Å². The van der Waals surface area contributed by atoms with Gasteiger partial charge in [-0.15, -0.1) is 23.1 Å². The molecule has 2 heterocycles. The van der Waals surface area contributed by atoms with Gasteiger partial charge in [-0.05, 0) is 38.5 Å². The van der Waals surface area contributed by atoms with Gasteiger partial charge in [-0.1, -0.05) is 12.1 Å². The van der Waals surface area contributed by atoms with Crippen molar-refractivity contribution in [1.29, 1.82) is 0 Å². The van der Waals surface area contributed by atoms with Gasteiger partial charge in [0.05, 0.1) is 22.1 Å². The van der Waals surface area contributed by atoms with Crippen molar-refractivity contribution in [3.05, 3.63) is 56.7 Å². The summed E-state index contributed by atoms with van der Waals surface area (Å²) in [6, 6.07) is 6.03. The lowest BCUT2D eigenvalue weighted by atomic mass is 10.2. The van der Waals surface area contributed by atoms with Crippen LogP contribution in [-0.4, -0.2) is 21.1 Å². The van der Waals surface area contributed by atoms with Crippen molar-refractivity contribution in [1.82, 2.24) is 9.97 Å². The van der Waals surface area contributed by atoms with E-state index in [1.165, 1.54) is 35.2 Å². The third kappa shape index (κ3) is 3.81. The number of hydrogen-bond donors (Lipinski definition) is 2.